The van der Waals surface area contributed by atoms with E-state index < -0.39 is 10.0 Å². The van der Waals surface area contributed by atoms with E-state index >= 15 is 0 Å². The minimum Gasteiger partial charge on any atom is -0.335 e. The molecule has 1 saturated carbocycles. The van der Waals surface area contributed by atoms with Crippen molar-refractivity contribution in [2.75, 3.05) is 18.4 Å². The largest absolute Gasteiger partial charge is 0.335 e. The Hall–Kier alpha value is -1.60. The van der Waals surface area contributed by atoms with Crippen LogP contribution in [-0.4, -0.2) is 37.9 Å². The highest BCUT2D eigenvalue weighted by molar-refractivity contribution is 7.89. The molecular weight excluding hydrogens is 290 g/mol. The first-order chi connectivity index (χ1) is 10.1. The lowest BCUT2D eigenvalue weighted by Crippen LogP contribution is -2.30. The summed E-state index contributed by atoms with van der Waals surface area (Å²) in [4.78, 5) is 11.9. The predicted molar refractivity (Wildman–Crippen MR) is 79.6 cm³/mol. The van der Waals surface area contributed by atoms with Crippen molar-refractivity contribution in [1.29, 1.82) is 0 Å². The first-order valence-corrected chi connectivity index (χ1v) is 8.67. The number of anilines is 1. The fourth-order valence-electron chi connectivity index (χ4n) is 2.39. The van der Waals surface area contributed by atoms with Crippen LogP contribution in [0.4, 0.5) is 10.5 Å². The maximum Gasteiger partial charge on any atom is 0.319 e. The molecule has 21 heavy (non-hydrogen) atoms. The van der Waals surface area contributed by atoms with Gasteiger partial charge in [0.2, 0.25) is 10.0 Å². The van der Waals surface area contributed by atoms with E-state index in [1.165, 1.54) is 10.4 Å². The zero-order chi connectivity index (χ0) is 14.9. The molecule has 6 nitrogen and oxygen atoms in total. The highest BCUT2D eigenvalue weighted by Gasteiger charge is 2.27. The number of nitrogens with one attached hydrogen (secondary N) is 2. The van der Waals surface area contributed by atoms with Gasteiger partial charge >= 0.3 is 6.03 Å². The Bertz CT molecular complexity index is 635. The van der Waals surface area contributed by atoms with Gasteiger partial charge in [-0.15, -0.1) is 0 Å². The van der Waals surface area contributed by atoms with Crippen LogP contribution in [0, 0.1) is 0 Å². The standard InChI is InChI=1S/C14H19N3O3S/c18-14(15-11-6-7-11)16-12-4-3-5-13(10-12)21(19,20)17-8-1-2-9-17/h3-5,10-11H,1-2,6-9H2,(H2,15,16,18). The van der Waals surface area contributed by atoms with Gasteiger partial charge in [0.15, 0.2) is 0 Å². The molecule has 2 aliphatic rings. The molecule has 0 aromatic heterocycles. The molecule has 1 heterocycles. The quantitative estimate of drug-likeness (QED) is 0.889. The smallest absolute Gasteiger partial charge is 0.319 e. The second-order valence-electron chi connectivity index (χ2n) is 5.51. The van der Waals surface area contributed by atoms with E-state index in [9.17, 15) is 13.2 Å². The van der Waals surface area contributed by atoms with Crippen molar-refractivity contribution in [1.82, 2.24) is 9.62 Å². The summed E-state index contributed by atoms with van der Waals surface area (Å²) < 4.78 is 26.4. The molecule has 2 fully saturated rings. The third-order valence-electron chi connectivity index (χ3n) is 3.71. The monoisotopic (exact) mass is 309 g/mol. The van der Waals surface area contributed by atoms with E-state index in [1.54, 1.807) is 18.2 Å². The number of hydrogen-bond donors (Lipinski definition) is 2. The molecule has 1 aliphatic heterocycles. The van der Waals surface area contributed by atoms with Gasteiger partial charge in [0.1, 0.15) is 0 Å². The summed E-state index contributed by atoms with van der Waals surface area (Å²) in [5, 5.41) is 5.49. The second-order valence-corrected chi connectivity index (χ2v) is 7.45. The van der Waals surface area contributed by atoms with Crippen molar-refractivity contribution < 1.29 is 13.2 Å². The Labute approximate surface area is 124 Å². The van der Waals surface area contributed by atoms with Gasteiger partial charge in [-0.25, -0.2) is 13.2 Å². The Morgan fingerprint density at radius 2 is 1.90 bits per heavy atom. The summed E-state index contributed by atoms with van der Waals surface area (Å²) in [5.74, 6) is 0. The van der Waals surface area contributed by atoms with Crippen LogP contribution in [0.5, 0.6) is 0 Å². The average Bonchev–Trinajstić information content (AvgIpc) is 3.08. The average molecular weight is 309 g/mol. The molecule has 1 aromatic rings. The van der Waals surface area contributed by atoms with Gasteiger partial charge in [0.25, 0.3) is 0 Å². The summed E-state index contributed by atoms with van der Waals surface area (Å²) in [6.45, 7) is 1.14. The summed E-state index contributed by atoms with van der Waals surface area (Å²) in [7, 11) is -3.45. The fourth-order valence-corrected chi connectivity index (χ4v) is 3.96. The summed E-state index contributed by atoms with van der Waals surface area (Å²) in [5.41, 5.74) is 0.494. The van der Waals surface area contributed by atoms with Crippen molar-refractivity contribution in [3.63, 3.8) is 0 Å². The van der Waals surface area contributed by atoms with Gasteiger partial charge in [-0.2, -0.15) is 4.31 Å². The van der Waals surface area contributed by atoms with Crippen LogP contribution in [0.1, 0.15) is 25.7 Å². The molecule has 0 bridgehead atoms. The van der Waals surface area contributed by atoms with E-state index in [0.717, 1.165) is 25.7 Å². The maximum atomic E-state index is 12.5. The van der Waals surface area contributed by atoms with Crippen molar-refractivity contribution in [3.05, 3.63) is 24.3 Å². The van der Waals surface area contributed by atoms with Crippen molar-refractivity contribution in [2.45, 2.75) is 36.6 Å². The van der Waals surface area contributed by atoms with Gasteiger partial charge in [-0.3, -0.25) is 0 Å². The van der Waals surface area contributed by atoms with E-state index in [2.05, 4.69) is 10.6 Å². The number of hydrogen-bond acceptors (Lipinski definition) is 3. The number of rotatable bonds is 4. The predicted octanol–water partition coefficient (Wildman–Crippen LogP) is 1.75. The number of nitrogens with zero attached hydrogens (tertiary/aromatic N) is 1. The Kier molecular flexibility index (Phi) is 3.86. The number of benzene rings is 1. The zero-order valence-corrected chi connectivity index (χ0v) is 12.5. The molecule has 1 aliphatic carbocycles. The zero-order valence-electron chi connectivity index (χ0n) is 11.7. The van der Waals surface area contributed by atoms with Gasteiger partial charge < -0.3 is 10.6 Å². The van der Waals surface area contributed by atoms with Crippen LogP contribution in [0.15, 0.2) is 29.2 Å². The van der Waals surface area contributed by atoms with Gasteiger partial charge in [0, 0.05) is 24.8 Å². The summed E-state index contributed by atoms with van der Waals surface area (Å²) >= 11 is 0. The Morgan fingerprint density at radius 3 is 2.57 bits per heavy atom. The molecular formula is C14H19N3O3S. The van der Waals surface area contributed by atoms with Crippen LogP contribution in [0.3, 0.4) is 0 Å². The molecule has 1 saturated heterocycles. The van der Waals surface area contributed by atoms with E-state index in [0.29, 0.717) is 18.8 Å². The lowest BCUT2D eigenvalue weighted by atomic mass is 10.3. The number of carbonyl (C=O) groups is 1. The van der Waals surface area contributed by atoms with E-state index in [4.69, 9.17) is 0 Å². The highest BCUT2D eigenvalue weighted by atomic mass is 32.2. The lowest BCUT2D eigenvalue weighted by Gasteiger charge is -2.16. The fraction of sp³-hybridized carbons (Fsp3) is 0.500. The number of urea groups is 1. The second kappa shape index (κ2) is 5.65. The summed E-state index contributed by atoms with van der Waals surface area (Å²) in [6.07, 6.45) is 3.83. The van der Waals surface area contributed by atoms with Crippen molar-refractivity contribution in [3.8, 4) is 0 Å². The minimum absolute atomic E-state index is 0.230. The molecule has 114 valence electrons. The Morgan fingerprint density at radius 1 is 1.19 bits per heavy atom. The number of sulfonamides is 1. The third kappa shape index (κ3) is 3.36. The minimum atomic E-state index is -3.45. The molecule has 0 unspecified atom stereocenters. The highest BCUT2D eigenvalue weighted by Crippen LogP contribution is 2.23. The molecule has 0 spiro atoms. The number of amides is 2. The summed E-state index contributed by atoms with van der Waals surface area (Å²) in [6, 6.07) is 6.40. The molecule has 1 aromatic carbocycles. The maximum absolute atomic E-state index is 12.5. The van der Waals surface area contributed by atoms with Crippen molar-refractivity contribution >= 4 is 21.7 Å². The lowest BCUT2D eigenvalue weighted by molar-refractivity contribution is 0.251. The third-order valence-corrected chi connectivity index (χ3v) is 5.60. The van der Waals surface area contributed by atoms with E-state index in [1.807, 2.05) is 0 Å². The van der Waals surface area contributed by atoms with Crippen LogP contribution in [0.25, 0.3) is 0 Å². The first kappa shape index (κ1) is 14.3. The normalized spacial score (nSPS) is 19.4. The molecule has 2 amide bonds. The SMILES string of the molecule is O=C(Nc1cccc(S(=O)(=O)N2CCCC2)c1)NC1CC1. The first-order valence-electron chi connectivity index (χ1n) is 7.23. The molecule has 0 atom stereocenters. The van der Waals surface area contributed by atoms with Gasteiger partial charge in [0.05, 0.1) is 4.90 Å². The van der Waals surface area contributed by atoms with Gasteiger partial charge in [-0.1, -0.05) is 6.07 Å². The molecule has 2 N–H and O–H groups in total. The topological polar surface area (TPSA) is 78.5 Å². The van der Waals surface area contributed by atoms with Crippen LogP contribution in [0.2, 0.25) is 0 Å². The van der Waals surface area contributed by atoms with Gasteiger partial charge in [-0.05, 0) is 43.9 Å². The van der Waals surface area contributed by atoms with Crippen molar-refractivity contribution in [2.24, 2.45) is 0 Å². The molecule has 0 radical (unpaired) electrons. The van der Waals surface area contributed by atoms with Crippen LogP contribution in [-0.2, 0) is 10.0 Å². The molecule has 7 heteroatoms. The number of carbonyl (C=O) groups excluding carboxylic acids is 1. The molecule has 3 rings (SSSR count). The van der Waals surface area contributed by atoms with Crippen LogP contribution >= 0.6 is 0 Å². The van der Waals surface area contributed by atoms with E-state index in [-0.39, 0.29) is 17.0 Å². The Balaban J connectivity index is 1.74. The van der Waals surface area contributed by atoms with Crippen LogP contribution < -0.4 is 10.6 Å².